The van der Waals surface area contributed by atoms with Crippen LogP contribution in [0.2, 0.25) is 0 Å². The second-order valence-electron chi connectivity index (χ2n) is 6.41. The first-order valence-electron chi connectivity index (χ1n) is 7.83. The lowest BCUT2D eigenvalue weighted by Gasteiger charge is -2.20. The van der Waals surface area contributed by atoms with E-state index in [2.05, 4.69) is 16.1 Å². The number of nitrogens with zero attached hydrogens (tertiary/aromatic N) is 2. The molecule has 0 atom stereocenters. The molecule has 3 rings (SSSR count). The van der Waals surface area contributed by atoms with Crippen molar-refractivity contribution >= 4 is 33.9 Å². The Morgan fingerprint density at radius 3 is 2.04 bits per heavy atom. The smallest absolute Gasteiger partial charge is 0.289 e. The van der Waals surface area contributed by atoms with Crippen LogP contribution in [0, 0.1) is 0 Å². The Bertz CT molecular complexity index is 832. The van der Waals surface area contributed by atoms with Crippen molar-refractivity contribution in [1.29, 1.82) is 0 Å². The molecule has 5 nitrogen and oxygen atoms in total. The molecule has 3 amide bonds. The van der Waals surface area contributed by atoms with E-state index in [4.69, 9.17) is 0 Å². The highest BCUT2D eigenvalue weighted by Crippen LogP contribution is 2.31. The standard InChI is InChI=1S/C19H17BrN2O3/c1-19(2)17(24)21(18(25)22(19)20)12-13-8-10-15(11-9-13)16(23)14-6-4-3-5-7-14/h3-11H,12H2,1-2H3. The molecule has 1 heterocycles. The number of hydrogen-bond acceptors (Lipinski definition) is 3. The second-order valence-corrected chi connectivity index (χ2v) is 7.12. The van der Waals surface area contributed by atoms with Crippen molar-refractivity contribution in [2.24, 2.45) is 0 Å². The monoisotopic (exact) mass is 400 g/mol. The van der Waals surface area contributed by atoms with Crippen molar-refractivity contribution in [3.05, 3.63) is 71.3 Å². The van der Waals surface area contributed by atoms with E-state index >= 15 is 0 Å². The van der Waals surface area contributed by atoms with Crippen LogP contribution in [-0.2, 0) is 11.3 Å². The number of urea groups is 1. The van der Waals surface area contributed by atoms with Crippen molar-refractivity contribution < 1.29 is 14.4 Å². The molecular formula is C19H17BrN2O3. The van der Waals surface area contributed by atoms with Gasteiger partial charge in [0.25, 0.3) is 5.91 Å². The summed E-state index contributed by atoms with van der Waals surface area (Å²) in [5, 5.41) is 0. The van der Waals surface area contributed by atoms with Crippen LogP contribution >= 0.6 is 16.1 Å². The first kappa shape index (κ1) is 17.4. The summed E-state index contributed by atoms with van der Waals surface area (Å²) in [6, 6.07) is 15.6. The van der Waals surface area contributed by atoms with Crippen LogP contribution in [0.3, 0.4) is 0 Å². The van der Waals surface area contributed by atoms with E-state index in [0.717, 1.165) is 5.56 Å². The number of ketones is 1. The van der Waals surface area contributed by atoms with Crippen molar-refractivity contribution in [3.63, 3.8) is 0 Å². The van der Waals surface area contributed by atoms with Gasteiger partial charge >= 0.3 is 6.03 Å². The molecule has 0 saturated carbocycles. The first-order chi connectivity index (χ1) is 11.8. The summed E-state index contributed by atoms with van der Waals surface area (Å²) in [7, 11) is 0. The van der Waals surface area contributed by atoms with Gasteiger partial charge in [0.1, 0.15) is 5.54 Å². The number of carbonyl (C=O) groups excluding carboxylic acids is 3. The summed E-state index contributed by atoms with van der Waals surface area (Å²) in [6.07, 6.45) is 0. The van der Waals surface area contributed by atoms with Crippen molar-refractivity contribution in [1.82, 2.24) is 8.83 Å². The summed E-state index contributed by atoms with van der Waals surface area (Å²) < 4.78 is 1.26. The summed E-state index contributed by atoms with van der Waals surface area (Å²) in [4.78, 5) is 38.2. The zero-order chi connectivity index (χ0) is 18.2. The highest BCUT2D eigenvalue weighted by molar-refractivity contribution is 9.07. The van der Waals surface area contributed by atoms with Crippen molar-refractivity contribution in [2.45, 2.75) is 25.9 Å². The Morgan fingerprint density at radius 1 is 0.960 bits per heavy atom. The molecule has 0 aliphatic carbocycles. The van der Waals surface area contributed by atoms with Crippen LogP contribution in [0.1, 0.15) is 35.3 Å². The fourth-order valence-electron chi connectivity index (χ4n) is 2.69. The summed E-state index contributed by atoms with van der Waals surface area (Å²) in [6.45, 7) is 3.54. The maximum absolute atomic E-state index is 12.4. The molecule has 0 radical (unpaired) electrons. The number of amides is 3. The Labute approximate surface area is 154 Å². The molecule has 0 unspecified atom stereocenters. The Hall–Kier alpha value is -2.47. The maximum Gasteiger partial charge on any atom is 0.338 e. The van der Waals surface area contributed by atoms with Crippen LogP contribution in [-0.4, -0.2) is 32.1 Å². The highest BCUT2D eigenvalue weighted by Gasteiger charge is 2.50. The third-order valence-corrected chi connectivity index (χ3v) is 5.44. The average molecular weight is 401 g/mol. The Balaban J connectivity index is 1.77. The Kier molecular flexibility index (Phi) is 4.47. The normalized spacial score (nSPS) is 16.4. The second kappa shape index (κ2) is 6.44. The molecular weight excluding hydrogens is 384 g/mol. The average Bonchev–Trinajstić information content (AvgIpc) is 2.77. The molecule has 2 aromatic carbocycles. The minimum atomic E-state index is -0.916. The lowest BCUT2D eigenvalue weighted by Crippen LogP contribution is -2.38. The van der Waals surface area contributed by atoms with E-state index in [9.17, 15) is 14.4 Å². The predicted octanol–water partition coefficient (Wildman–Crippen LogP) is 3.77. The van der Waals surface area contributed by atoms with Gasteiger partial charge < -0.3 is 0 Å². The maximum atomic E-state index is 12.4. The lowest BCUT2D eigenvalue weighted by atomic mass is 10.0. The van der Waals surface area contributed by atoms with E-state index in [1.54, 1.807) is 50.2 Å². The van der Waals surface area contributed by atoms with Gasteiger partial charge in [-0.3, -0.25) is 14.5 Å². The van der Waals surface area contributed by atoms with E-state index < -0.39 is 5.54 Å². The van der Waals surface area contributed by atoms with Gasteiger partial charge in [-0.25, -0.2) is 8.72 Å². The largest absolute Gasteiger partial charge is 0.338 e. The lowest BCUT2D eigenvalue weighted by molar-refractivity contribution is -0.131. The molecule has 0 bridgehead atoms. The van der Waals surface area contributed by atoms with Crippen LogP contribution in [0.15, 0.2) is 54.6 Å². The van der Waals surface area contributed by atoms with Gasteiger partial charge in [-0.05, 0) is 19.4 Å². The molecule has 25 heavy (non-hydrogen) atoms. The van der Waals surface area contributed by atoms with E-state index in [-0.39, 0.29) is 24.3 Å². The summed E-state index contributed by atoms with van der Waals surface area (Å²) in [5.74, 6) is -0.327. The number of imide groups is 1. The number of rotatable bonds is 4. The number of halogens is 1. The third-order valence-electron chi connectivity index (χ3n) is 4.25. The quantitative estimate of drug-likeness (QED) is 0.445. The van der Waals surface area contributed by atoms with Crippen LogP contribution in [0.4, 0.5) is 4.79 Å². The zero-order valence-corrected chi connectivity index (χ0v) is 15.5. The van der Waals surface area contributed by atoms with Gasteiger partial charge in [0.15, 0.2) is 5.78 Å². The molecule has 1 aliphatic heterocycles. The molecule has 2 aromatic rings. The minimum Gasteiger partial charge on any atom is -0.289 e. The van der Waals surface area contributed by atoms with Gasteiger partial charge in [-0.2, -0.15) is 0 Å². The molecule has 0 N–H and O–H groups in total. The van der Waals surface area contributed by atoms with Crippen LogP contribution in [0.25, 0.3) is 0 Å². The van der Waals surface area contributed by atoms with E-state index in [1.807, 2.05) is 18.2 Å². The summed E-state index contributed by atoms with van der Waals surface area (Å²) >= 11 is 3.15. The molecule has 0 aromatic heterocycles. The molecule has 0 spiro atoms. The van der Waals surface area contributed by atoms with Crippen LogP contribution in [0.5, 0.6) is 0 Å². The number of hydrogen-bond donors (Lipinski definition) is 0. The molecule has 1 saturated heterocycles. The fourth-order valence-corrected chi connectivity index (χ4v) is 3.03. The number of carbonyl (C=O) groups is 3. The van der Waals surface area contributed by atoms with Gasteiger partial charge in [0.05, 0.1) is 22.7 Å². The van der Waals surface area contributed by atoms with Crippen LogP contribution < -0.4 is 0 Å². The first-order valence-corrected chi connectivity index (χ1v) is 8.54. The molecule has 6 heteroatoms. The zero-order valence-electron chi connectivity index (χ0n) is 13.9. The van der Waals surface area contributed by atoms with Gasteiger partial charge in [-0.15, -0.1) is 0 Å². The SMILES string of the molecule is CC1(C)C(=O)N(Cc2ccc(C(=O)c3ccccc3)cc2)C(=O)N1Br. The summed E-state index contributed by atoms with van der Waals surface area (Å²) in [5.41, 5.74) is 1.05. The van der Waals surface area contributed by atoms with E-state index in [0.29, 0.717) is 11.1 Å². The number of benzene rings is 2. The molecule has 1 fully saturated rings. The predicted molar refractivity (Wildman–Crippen MR) is 97.1 cm³/mol. The molecule has 128 valence electrons. The van der Waals surface area contributed by atoms with Crippen molar-refractivity contribution in [3.8, 4) is 0 Å². The van der Waals surface area contributed by atoms with Gasteiger partial charge in [-0.1, -0.05) is 54.6 Å². The van der Waals surface area contributed by atoms with Crippen molar-refractivity contribution in [2.75, 3.05) is 0 Å². The Morgan fingerprint density at radius 2 is 1.52 bits per heavy atom. The van der Waals surface area contributed by atoms with Gasteiger partial charge in [0.2, 0.25) is 0 Å². The molecule has 1 aliphatic rings. The topological polar surface area (TPSA) is 57.7 Å². The fraction of sp³-hybridized carbons (Fsp3) is 0.211. The third kappa shape index (κ3) is 3.09. The van der Waals surface area contributed by atoms with E-state index in [1.165, 1.54) is 8.83 Å². The minimum absolute atomic E-state index is 0.0618. The van der Waals surface area contributed by atoms with Gasteiger partial charge in [0, 0.05) is 11.1 Å². The highest BCUT2D eigenvalue weighted by atomic mass is 79.9.